The quantitative estimate of drug-likeness (QED) is 0.258. The molecule has 4 heterocycles. The van der Waals surface area contributed by atoms with Gasteiger partial charge in [-0.3, -0.25) is 9.78 Å². The summed E-state index contributed by atoms with van der Waals surface area (Å²) in [5.74, 6) is -11.6. The van der Waals surface area contributed by atoms with Crippen molar-refractivity contribution in [1.82, 2.24) is 29.5 Å². The highest BCUT2D eigenvalue weighted by molar-refractivity contribution is 5.95. The number of fused-ring (bicyclic) bond motifs is 1. The predicted octanol–water partition coefficient (Wildman–Crippen LogP) is 2.84. The fraction of sp³-hybridized carbons (Fsp3) is 0.190. The average molecular weight is 475 g/mol. The molecule has 1 fully saturated rings. The molecule has 13 heteroatoms. The Balaban J connectivity index is 1.37. The first-order valence-electron chi connectivity index (χ1n) is 10.0. The SMILES string of the molecule is O=C(c1c(F)c(F)c(F)c(F)c1F)N1CCN(c2nc3nccc(-c4cccnc4)n3n2)CC1. The molecule has 0 radical (unpaired) electrons. The maximum atomic E-state index is 14.0. The lowest BCUT2D eigenvalue weighted by Gasteiger charge is -2.34. The van der Waals surface area contributed by atoms with Gasteiger partial charge in [-0.2, -0.15) is 9.50 Å². The number of piperazine rings is 1. The van der Waals surface area contributed by atoms with Gasteiger partial charge in [-0.25, -0.2) is 26.9 Å². The first-order valence-corrected chi connectivity index (χ1v) is 10.0. The van der Waals surface area contributed by atoms with Crippen molar-refractivity contribution in [2.75, 3.05) is 31.1 Å². The van der Waals surface area contributed by atoms with Gasteiger partial charge >= 0.3 is 0 Å². The van der Waals surface area contributed by atoms with Crippen LogP contribution in [0.3, 0.4) is 0 Å². The molecular weight excluding hydrogens is 461 g/mol. The molecule has 3 aromatic heterocycles. The molecule has 0 aliphatic carbocycles. The van der Waals surface area contributed by atoms with E-state index in [1.54, 1.807) is 40.1 Å². The van der Waals surface area contributed by atoms with Crippen molar-refractivity contribution >= 4 is 17.6 Å². The third-order valence-electron chi connectivity index (χ3n) is 5.46. The van der Waals surface area contributed by atoms with Crippen LogP contribution in [-0.2, 0) is 0 Å². The van der Waals surface area contributed by atoms with E-state index in [0.717, 1.165) is 10.5 Å². The Labute approximate surface area is 188 Å². The summed E-state index contributed by atoms with van der Waals surface area (Å²) in [5.41, 5.74) is 0.0302. The van der Waals surface area contributed by atoms with Crippen LogP contribution >= 0.6 is 0 Å². The van der Waals surface area contributed by atoms with E-state index in [4.69, 9.17) is 0 Å². The van der Waals surface area contributed by atoms with E-state index < -0.39 is 40.6 Å². The Morgan fingerprint density at radius 1 is 0.853 bits per heavy atom. The van der Waals surface area contributed by atoms with E-state index >= 15 is 0 Å². The highest BCUT2D eigenvalue weighted by atomic mass is 19.2. The molecule has 0 saturated carbocycles. The number of nitrogens with zero attached hydrogens (tertiary/aromatic N) is 7. The van der Waals surface area contributed by atoms with Crippen LogP contribution in [0.2, 0.25) is 0 Å². The molecule has 1 amide bonds. The van der Waals surface area contributed by atoms with Gasteiger partial charge in [-0.1, -0.05) is 0 Å². The van der Waals surface area contributed by atoms with Crippen molar-refractivity contribution in [3.63, 3.8) is 0 Å². The van der Waals surface area contributed by atoms with Crippen molar-refractivity contribution < 1.29 is 26.7 Å². The fourth-order valence-corrected chi connectivity index (χ4v) is 3.71. The summed E-state index contributed by atoms with van der Waals surface area (Å²) >= 11 is 0. The van der Waals surface area contributed by atoms with Crippen molar-refractivity contribution in [3.8, 4) is 11.3 Å². The minimum absolute atomic E-state index is 0.0449. The molecule has 1 saturated heterocycles. The Bertz CT molecular complexity index is 1370. The number of rotatable bonds is 3. The maximum Gasteiger partial charge on any atom is 0.260 e. The molecule has 174 valence electrons. The highest BCUT2D eigenvalue weighted by Gasteiger charge is 2.33. The molecule has 5 rings (SSSR count). The van der Waals surface area contributed by atoms with Crippen molar-refractivity contribution in [1.29, 1.82) is 0 Å². The molecule has 0 N–H and O–H groups in total. The van der Waals surface area contributed by atoms with Gasteiger partial charge < -0.3 is 9.80 Å². The van der Waals surface area contributed by atoms with Gasteiger partial charge in [0.2, 0.25) is 11.8 Å². The standard InChI is InChI=1S/C21H14F5N7O/c22-14-13(15(23)17(25)18(26)16(14)24)19(34)31-6-8-32(9-7-31)21-29-20-28-5-3-12(33(20)30-21)11-2-1-4-27-10-11/h1-5,10H,6-9H2. The summed E-state index contributed by atoms with van der Waals surface area (Å²) in [6.45, 7) is 0.244. The van der Waals surface area contributed by atoms with Crippen LogP contribution in [0.5, 0.6) is 0 Å². The largest absolute Gasteiger partial charge is 0.336 e. The predicted molar refractivity (Wildman–Crippen MR) is 108 cm³/mol. The Hall–Kier alpha value is -4.16. The average Bonchev–Trinajstić information content (AvgIpc) is 3.31. The fourth-order valence-electron chi connectivity index (χ4n) is 3.71. The topological polar surface area (TPSA) is 79.5 Å². The Kier molecular flexibility index (Phi) is 5.30. The number of carbonyl (C=O) groups excluding carboxylic acids is 1. The summed E-state index contributed by atoms with van der Waals surface area (Å²) in [6, 6.07) is 5.39. The van der Waals surface area contributed by atoms with Gasteiger partial charge in [0.15, 0.2) is 23.3 Å². The van der Waals surface area contributed by atoms with Gasteiger partial charge in [0, 0.05) is 50.3 Å². The molecule has 0 bridgehead atoms. The first-order chi connectivity index (χ1) is 16.4. The molecule has 1 aromatic carbocycles. The zero-order valence-corrected chi connectivity index (χ0v) is 17.2. The van der Waals surface area contributed by atoms with Gasteiger partial charge in [0.05, 0.1) is 5.69 Å². The Morgan fingerprint density at radius 3 is 2.18 bits per heavy atom. The molecule has 4 aromatic rings. The number of pyridine rings is 1. The summed E-state index contributed by atoms with van der Waals surface area (Å²) in [6.07, 6.45) is 4.89. The number of aromatic nitrogens is 5. The van der Waals surface area contributed by atoms with Crippen molar-refractivity contribution in [2.45, 2.75) is 0 Å². The third-order valence-corrected chi connectivity index (χ3v) is 5.46. The third kappa shape index (κ3) is 3.49. The van der Waals surface area contributed by atoms with Gasteiger partial charge in [0.1, 0.15) is 5.56 Å². The number of hydrogen-bond donors (Lipinski definition) is 0. The minimum atomic E-state index is -2.31. The summed E-state index contributed by atoms with van der Waals surface area (Å²) in [5, 5.41) is 4.48. The van der Waals surface area contributed by atoms with E-state index in [1.807, 2.05) is 6.07 Å². The van der Waals surface area contributed by atoms with Gasteiger partial charge in [-0.05, 0) is 18.2 Å². The van der Waals surface area contributed by atoms with Crippen molar-refractivity contribution in [2.24, 2.45) is 0 Å². The second-order valence-electron chi connectivity index (χ2n) is 7.42. The van der Waals surface area contributed by atoms with E-state index in [-0.39, 0.29) is 26.2 Å². The molecule has 0 unspecified atom stereocenters. The maximum absolute atomic E-state index is 14.0. The zero-order chi connectivity index (χ0) is 24.0. The Morgan fingerprint density at radius 2 is 1.53 bits per heavy atom. The van der Waals surface area contributed by atoms with Gasteiger partial charge in [-0.15, -0.1) is 5.10 Å². The van der Waals surface area contributed by atoms with Crippen LogP contribution in [0, 0.1) is 29.1 Å². The smallest absolute Gasteiger partial charge is 0.260 e. The number of anilines is 1. The first kappa shape index (κ1) is 21.7. The minimum Gasteiger partial charge on any atom is -0.336 e. The second-order valence-corrected chi connectivity index (χ2v) is 7.42. The summed E-state index contributed by atoms with van der Waals surface area (Å²) in [7, 11) is 0. The number of amides is 1. The van der Waals surface area contributed by atoms with Crippen LogP contribution in [-0.4, -0.2) is 61.6 Å². The monoisotopic (exact) mass is 475 g/mol. The lowest BCUT2D eigenvalue weighted by atomic mass is 10.1. The van der Waals surface area contributed by atoms with Crippen LogP contribution in [0.4, 0.5) is 27.9 Å². The molecule has 1 aliphatic heterocycles. The number of benzene rings is 1. The van der Waals surface area contributed by atoms with Crippen LogP contribution < -0.4 is 4.90 Å². The second kappa shape index (κ2) is 8.32. The summed E-state index contributed by atoms with van der Waals surface area (Å²) in [4.78, 5) is 28.0. The summed E-state index contributed by atoms with van der Waals surface area (Å²) < 4.78 is 69.9. The van der Waals surface area contributed by atoms with E-state index in [1.165, 1.54) is 0 Å². The van der Waals surface area contributed by atoms with Crippen molar-refractivity contribution in [3.05, 3.63) is 71.4 Å². The molecule has 34 heavy (non-hydrogen) atoms. The van der Waals surface area contributed by atoms with E-state index in [9.17, 15) is 26.7 Å². The van der Waals surface area contributed by atoms with Gasteiger partial charge in [0.25, 0.3) is 11.7 Å². The number of halogens is 5. The number of carbonyl (C=O) groups is 1. The number of hydrogen-bond acceptors (Lipinski definition) is 6. The molecular formula is C21H14F5N7O. The highest BCUT2D eigenvalue weighted by Crippen LogP contribution is 2.25. The van der Waals surface area contributed by atoms with E-state index in [2.05, 4.69) is 20.1 Å². The van der Waals surface area contributed by atoms with E-state index in [0.29, 0.717) is 17.4 Å². The molecule has 1 aliphatic rings. The van der Waals surface area contributed by atoms with Crippen LogP contribution in [0.25, 0.3) is 17.0 Å². The molecule has 0 atom stereocenters. The van der Waals surface area contributed by atoms with Crippen LogP contribution in [0.15, 0.2) is 36.8 Å². The molecule has 0 spiro atoms. The molecule has 8 nitrogen and oxygen atoms in total. The van der Waals surface area contributed by atoms with Crippen LogP contribution in [0.1, 0.15) is 10.4 Å². The normalized spacial score (nSPS) is 14.1. The lowest BCUT2D eigenvalue weighted by Crippen LogP contribution is -2.49. The lowest BCUT2D eigenvalue weighted by molar-refractivity contribution is 0.0733. The zero-order valence-electron chi connectivity index (χ0n) is 17.2.